The molecule has 152 valence electrons. The van der Waals surface area contributed by atoms with Crippen LogP contribution in [0.2, 0.25) is 5.02 Å². The number of carbonyl (C=O) groups excluding carboxylic acids is 1. The largest absolute Gasteiger partial charge is 0.323 e. The van der Waals surface area contributed by atoms with Gasteiger partial charge >= 0.3 is 0 Å². The summed E-state index contributed by atoms with van der Waals surface area (Å²) in [6, 6.07) is 12.3. The molecule has 0 aliphatic carbocycles. The van der Waals surface area contributed by atoms with E-state index < -0.39 is 11.7 Å². The molecule has 0 atom stereocenters. The summed E-state index contributed by atoms with van der Waals surface area (Å²) in [5, 5.41) is 4.87. The molecule has 0 unspecified atom stereocenters. The van der Waals surface area contributed by atoms with Crippen LogP contribution in [0.5, 0.6) is 0 Å². The molecule has 2 aromatic carbocycles. The number of rotatable bonds is 5. The molecule has 0 bridgehead atoms. The van der Waals surface area contributed by atoms with E-state index in [1.165, 1.54) is 34.4 Å². The van der Waals surface area contributed by atoms with Crippen molar-refractivity contribution in [2.24, 2.45) is 0 Å². The van der Waals surface area contributed by atoms with Crippen molar-refractivity contribution in [1.82, 2.24) is 9.55 Å². The van der Waals surface area contributed by atoms with E-state index in [1.54, 1.807) is 6.07 Å². The number of nitrogens with zero attached hydrogens (tertiary/aromatic N) is 2. The minimum Gasteiger partial charge on any atom is -0.323 e. The predicted octanol–water partition coefficient (Wildman–Crippen LogP) is 5.25. The highest BCUT2D eigenvalue weighted by Crippen LogP contribution is 2.30. The number of nitrogens with one attached hydrogen (secondary N) is 1. The summed E-state index contributed by atoms with van der Waals surface area (Å²) in [4.78, 5) is 30.3. The van der Waals surface area contributed by atoms with E-state index in [1.807, 2.05) is 36.6 Å². The van der Waals surface area contributed by atoms with Crippen LogP contribution in [-0.4, -0.2) is 15.5 Å². The van der Waals surface area contributed by atoms with Gasteiger partial charge in [0.1, 0.15) is 4.83 Å². The van der Waals surface area contributed by atoms with Crippen LogP contribution in [0, 0.1) is 12.7 Å². The van der Waals surface area contributed by atoms with Gasteiger partial charge in [-0.15, -0.1) is 11.3 Å². The van der Waals surface area contributed by atoms with Crippen molar-refractivity contribution in [2.45, 2.75) is 19.9 Å². The Balaban J connectivity index is 1.56. The van der Waals surface area contributed by atoms with Crippen LogP contribution in [0.4, 0.5) is 10.1 Å². The van der Waals surface area contributed by atoms with Crippen LogP contribution in [0.25, 0.3) is 21.3 Å². The van der Waals surface area contributed by atoms with E-state index >= 15 is 0 Å². The lowest BCUT2D eigenvalue weighted by molar-refractivity contribution is -0.116. The zero-order valence-corrected chi connectivity index (χ0v) is 17.6. The number of thiophene rings is 1. The first-order valence-corrected chi connectivity index (χ1v) is 10.5. The van der Waals surface area contributed by atoms with Crippen molar-refractivity contribution >= 4 is 44.7 Å². The Hall–Kier alpha value is -3.03. The van der Waals surface area contributed by atoms with E-state index in [-0.39, 0.29) is 29.2 Å². The second-order valence-corrected chi connectivity index (χ2v) is 8.10. The van der Waals surface area contributed by atoms with E-state index in [0.29, 0.717) is 10.2 Å². The lowest BCUT2D eigenvalue weighted by atomic mass is 10.1. The fourth-order valence-electron chi connectivity index (χ4n) is 3.11. The van der Waals surface area contributed by atoms with Gasteiger partial charge < -0.3 is 5.32 Å². The van der Waals surface area contributed by atoms with Crippen molar-refractivity contribution < 1.29 is 9.18 Å². The summed E-state index contributed by atoms with van der Waals surface area (Å²) in [6.45, 7) is 2.13. The summed E-state index contributed by atoms with van der Waals surface area (Å²) in [5.41, 5.74) is 2.70. The van der Waals surface area contributed by atoms with Gasteiger partial charge in [-0.3, -0.25) is 14.2 Å². The molecule has 0 saturated heterocycles. The highest BCUT2D eigenvalue weighted by atomic mass is 35.5. The zero-order valence-electron chi connectivity index (χ0n) is 16.0. The topological polar surface area (TPSA) is 64.0 Å². The molecule has 4 aromatic rings. The molecule has 0 saturated carbocycles. The fourth-order valence-corrected chi connectivity index (χ4v) is 4.19. The van der Waals surface area contributed by atoms with E-state index in [9.17, 15) is 14.0 Å². The van der Waals surface area contributed by atoms with Crippen LogP contribution in [-0.2, 0) is 11.3 Å². The molecular formula is C22H17ClFN3O2S. The van der Waals surface area contributed by atoms with Gasteiger partial charge in [-0.2, -0.15) is 0 Å². The molecule has 0 aliphatic rings. The van der Waals surface area contributed by atoms with E-state index in [0.717, 1.165) is 16.7 Å². The van der Waals surface area contributed by atoms with Crippen LogP contribution >= 0.6 is 22.9 Å². The number of carbonyl (C=O) groups is 1. The average molecular weight is 442 g/mol. The molecule has 30 heavy (non-hydrogen) atoms. The summed E-state index contributed by atoms with van der Waals surface area (Å²) in [6.07, 6.45) is 1.43. The van der Waals surface area contributed by atoms with Gasteiger partial charge in [-0.1, -0.05) is 47.5 Å². The summed E-state index contributed by atoms with van der Waals surface area (Å²) < 4.78 is 15.4. The maximum absolute atomic E-state index is 13.9. The Kier molecular flexibility index (Phi) is 5.65. The lowest BCUT2D eigenvalue weighted by Crippen LogP contribution is -2.23. The molecule has 2 aromatic heterocycles. The minimum atomic E-state index is -0.686. The van der Waals surface area contributed by atoms with Gasteiger partial charge in [0.05, 0.1) is 22.4 Å². The smallest absolute Gasteiger partial charge is 0.262 e. The second-order valence-electron chi connectivity index (χ2n) is 6.84. The molecule has 1 amide bonds. The Bertz CT molecular complexity index is 1300. The van der Waals surface area contributed by atoms with Crippen molar-refractivity contribution in [3.8, 4) is 11.1 Å². The number of anilines is 1. The highest BCUT2D eigenvalue weighted by Gasteiger charge is 2.15. The van der Waals surface area contributed by atoms with Crippen LogP contribution in [0.15, 0.2) is 59.0 Å². The van der Waals surface area contributed by atoms with Gasteiger partial charge in [-0.05, 0) is 24.6 Å². The SMILES string of the molecule is Cc1ccc(-c2csc3ncn(CCC(=O)Nc4cccc(Cl)c4F)c(=O)c23)cc1. The lowest BCUT2D eigenvalue weighted by Gasteiger charge is -2.09. The van der Waals surface area contributed by atoms with Gasteiger partial charge in [0.2, 0.25) is 5.91 Å². The minimum absolute atomic E-state index is 0.00733. The number of fused-ring (bicyclic) bond motifs is 1. The molecule has 0 spiro atoms. The third-order valence-electron chi connectivity index (χ3n) is 4.73. The van der Waals surface area contributed by atoms with Crippen LogP contribution in [0.3, 0.4) is 0 Å². The molecule has 8 heteroatoms. The number of aromatic nitrogens is 2. The summed E-state index contributed by atoms with van der Waals surface area (Å²) in [7, 11) is 0. The Morgan fingerprint density at radius 1 is 1.23 bits per heavy atom. The average Bonchev–Trinajstić information content (AvgIpc) is 3.16. The van der Waals surface area contributed by atoms with Crippen molar-refractivity contribution in [1.29, 1.82) is 0 Å². The van der Waals surface area contributed by atoms with Gasteiger partial charge in [0.25, 0.3) is 5.56 Å². The van der Waals surface area contributed by atoms with Gasteiger partial charge in [0.15, 0.2) is 5.82 Å². The predicted molar refractivity (Wildman–Crippen MR) is 119 cm³/mol. The zero-order chi connectivity index (χ0) is 21.3. The monoisotopic (exact) mass is 441 g/mol. The number of hydrogen-bond acceptors (Lipinski definition) is 4. The van der Waals surface area contributed by atoms with E-state index in [4.69, 9.17) is 11.6 Å². The molecule has 5 nitrogen and oxygen atoms in total. The summed E-state index contributed by atoms with van der Waals surface area (Å²) >= 11 is 7.14. The first-order valence-electron chi connectivity index (χ1n) is 9.21. The first-order chi connectivity index (χ1) is 14.4. The molecule has 0 radical (unpaired) electrons. The number of hydrogen-bond donors (Lipinski definition) is 1. The maximum Gasteiger partial charge on any atom is 0.262 e. The third-order valence-corrected chi connectivity index (χ3v) is 5.91. The summed E-state index contributed by atoms with van der Waals surface area (Å²) in [5.74, 6) is -1.11. The molecule has 0 fully saturated rings. The van der Waals surface area contributed by atoms with Gasteiger partial charge in [-0.25, -0.2) is 9.37 Å². The Morgan fingerprint density at radius 2 is 2.00 bits per heavy atom. The first kappa shape index (κ1) is 20.3. The molecule has 2 heterocycles. The molecule has 4 rings (SSSR count). The van der Waals surface area contributed by atoms with Gasteiger partial charge in [0, 0.05) is 23.9 Å². The normalized spacial score (nSPS) is 11.0. The Labute approximate surface area is 180 Å². The van der Waals surface area contributed by atoms with Crippen molar-refractivity contribution in [3.05, 3.63) is 80.9 Å². The van der Waals surface area contributed by atoms with Crippen LogP contribution in [0.1, 0.15) is 12.0 Å². The number of benzene rings is 2. The van der Waals surface area contributed by atoms with Crippen molar-refractivity contribution in [3.63, 3.8) is 0 Å². The quantitative estimate of drug-likeness (QED) is 0.459. The number of halogens is 2. The number of amides is 1. The third kappa shape index (κ3) is 3.99. The molecular weight excluding hydrogens is 425 g/mol. The standard InChI is InChI=1S/C22H17ClFN3O2S/c1-13-5-7-14(8-6-13)15-11-30-21-19(15)22(29)27(12-25-21)10-9-18(28)26-17-4-2-3-16(23)20(17)24/h2-8,11-12H,9-10H2,1H3,(H,26,28). The fraction of sp³-hybridized carbons (Fsp3) is 0.136. The Morgan fingerprint density at radius 3 is 2.77 bits per heavy atom. The van der Waals surface area contributed by atoms with Crippen LogP contribution < -0.4 is 10.9 Å². The maximum atomic E-state index is 13.9. The van der Waals surface area contributed by atoms with Crippen molar-refractivity contribution in [2.75, 3.05) is 5.32 Å². The van der Waals surface area contributed by atoms with E-state index in [2.05, 4.69) is 10.3 Å². The second kappa shape index (κ2) is 8.38. The highest BCUT2D eigenvalue weighted by molar-refractivity contribution is 7.17. The number of aryl methyl sites for hydroxylation is 2. The molecule has 1 N–H and O–H groups in total. The molecule has 0 aliphatic heterocycles.